The number of imide groups is 1. The molecule has 0 saturated carbocycles. The van der Waals surface area contributed by atoms with Crippen LogP contribution in [-0.2, 0) is 6.54 Å². The summed E-state index contributed by atoms with van der Waals surface area (Å²) < 4.78 is 7.44. The first-order valence-electron chi connectivity index (χ1n) is 9.73. The fourth-order valence-electron chi connectivity index (χ4n) is 3.60. The number of benzene rings is 2. The molecule has 7 nitrogen and oxygen atoms in total. The fourth-order valence-corrected chi connectivity index (χ4v) is 4.48. The number of hydrogen-bond acceptors (Lipinski definition) is 6. The SMILES string of the molecule is Cc1occc1-c1nnc(SCN2C(=O)c3ccccc3C2=O)n1Cc1ccccc1. The Morgan fingerprint density at radius 2 is 1.55 bits per heavy atom. The smallest absolute Gasteiger partial charge is 0.262 e. The maximum absolute atomic E-state index is 12.7. The van der Waals surface area contributed by atoms with E-state index < -0.39 is 0 Å². The summed E-state index contributed by atoms with van der Waals surface area (Å²) in [5, 5.41) is 9.36. The van der Waals surface area contributed by atoms with Gasteiger partial charge in [0.15, 0.2) is 11.0 Å². The molecule has 0 spiro atoms. The van der Waals surface area contributed by atoms with Crippen molar-refractivity contribution in [2.75, 3.05) is 5.88 Å². The molecule has 0 N–H and O–H groups in total. The third-order valence-electron chi connectivity index (χ3n) is 5.20. The number of carbonyl (C=O) groups excluding carboxylic acids is 2. The number of thioether (sulfide) groups is 1. The number of nitrogens with zero attached hydrogens (tertiary/aromatic N) is 4. The van der Waals surface area contributed by atoms with Crippen molar-refractivity contribution in [3.8, 4) is 11.4 Å². The number of aromatic nitrogens is 3. The number of furan rings is 1. The predicted molar refractivity (Wildman–Crippen MR) is 116 cm³/mol. The van der Waals surface area contributed by atoms with Crippen molar-refractivity contribution in [1.82, 2.24) is 19.7 Å². The van der Waals surface area contributed by atoms with E-state index in [4.69, 9.17) is 4.42 Å². The van der Waals surface area contributed by atoms with Gasteiger partial charge in [-0.2, -0.15) is 0 Å². The minimum absolute atomic E-state index is 0.156. The van der Waals surface area contributed by atoms with Gasteiger partial charge in [-0.3, -0.25) is 19.1 Å². The van der Waals surface area contributed by atoms with Crippen molar-refractivity contribution in [1.29, 1.82) is 0 Å². The second-order valence-electron chi connectivity index (χ2n) is 7.13. The molecule has 2 amide bonds. The van der Waals surface area contributed by atoms with Crippen molar-refractivity contribution >= 4 is 23.6 Å². The Hall–Kier alpha value is -3.65. The van der Waals surface area contributed by atoms with Gasteiger partial charge in [0.1, 0.15) is 5.76 Å². The highest BCUT2D eigenvalue weighted by Crippen LogP contribution is 2.30. The second-order valence-corrected chi connectivity index (χ2v) is 8.04. The molecule has 5 rings (SSSR count). The maximum Gasteiger partial charge on any atom is 0.262 e. The summed E-state index contributed by atoms with van der Waals surface area (Å²) in [7, 11) is 0. The number of rotatable bonds is 6. The van der Waals surface area contributed by atoms with Gasteiger partial charge in [0, 0.05) is 0 Å². The number of hydrogen-bond donors (Lipinski definition) is 0. The molecule has 0 bridgehead atoms. The van der Waals surface area contributed by atoms with Crippen LogP contribution in [0, 0.1) is 6.92 Å². The van der Waals surface area contributed by atoms with E-state index in [9.17, 15) is 9.59 Å². The Bertz CT molecular complexity index is 1240. The first kappa shape index (κ1) is 19.3. The van der Waals surface area contributed by atoms with Crippen LogP contribution in [0.1, 0.15) is 32.0 Å². The standard InChI is InChI=1S/C23H18N4O3S/c1-15-17(11-12-30-15)20-24-25-23(26(20)13-16-7-3-2-4-8-16)31-14-27-21(28)18-9-5-6-10-19(18)22(27)29/h2-12H,13-14H2,1H3. The molecule has 8 heteroatoms. The third kappa shape index (κ3) is 3.44. The number of aryl methyl sites for hydroxylation is 1. The fraction of sp³-hybridized carbons (Fsp3) is 0.130. The summed E-state index contributed by atoms with van der Waals surface area (Å²) in [6.07, 6.45) is 1.62. The average molecular weight is 430 g/mol. The molecule has 0 unspecified atom stereocenters. The number of carbonyl (C=O) groups is 2. The molecule has 31 heavy (non-hydrogen) atoms. The highest BCUT2D eigenvalue weighted by molar-refractivity contribution is 7.99. The van der Waals surface area contributed by atoms with Crippen LogP contribution in [-0.4, -0.2) is 37.4 Å². The summed E-state index contributed by atoms with van der Waals surface area (Å²) in [6.45, 7) is 2.43. The van der Waals surface area contributed by atoms with E-state index >= 15 is 0 Å². The summed E-state index contributed by atoms with van der Waals surface area (Å²) in [5.41, 5.74) is 2.82. The maximum atomic E-state index is 12.7. The Balaban J connectivity index is 1.44. The Labute approximate surface area is 182 Å². The van der Waals surface area contributed by atoms with E-state index in [1.54, 1.807) is 30.5 Å². The number of fused-ring (bicyclic) bond motifs is 1. The van der Waals surface area contributed by atoms with E-state index in [-0.39, 0.29) is 17.7 Å². The zero-order valence-electron chi connectivity index (χ0n) is 16.7. The van der Waals surface area contributed by atoms with Gasteiger partial charge in [-0.25, -0.2) is 0 Å². The zero-order chi connectivity index (χ0) is 21.4. The van der Waals surface area contributed by atoms with Gasteiger partial charge in [0.25, 0.3) is 11.8 Å². The molecule has 1 aliphatic rings. The summed E-state index contributed by atoms with van der Waals surface area (Å²) >= 11 is 1.31. The van der Waals surface area contributed by atoms with Crippen LogP contribution >= 0.6 is 11.8 Å². The van der Waals surface area contributed by atoms with Gasteiger partial charge in [0.2, 0.25) is 0 Å². The largest absolute Gasteiger partial charge is 0.469 e. The molecule has 0 aliphatic carbocycles. The van der Waals surface area contributed by atoms with Gasteiger partial charge in [-0.05, 0) is 30.7 Å². The molecule has 4 aromatic rings. The quantitative estimate of drug-likeness (QED) is 0.336. The predicted octanol–water partition coefficient (Wildman–Crippen LogP) is 4.24. The molecule has 0 saturated heterocycles. The minimum Gasteiger partial charge on any atom is -0.469 e. The lowest BCUT2D eigenvalue weighted by atomic mass is 10.1. The second kappa shape index (κ2) is 7.88. The lowest BCUT2D eigenvalue weighted by Crippen LogP contribution is -2.29. The van der Waals surface area contributed by atoms with E-state index in [1.807, 2.05) is 47.9 Å². The van der Waals surface area contributed by atoms with Crippen LogP contribution in [0.2, 0.25) is 0 Å². The van der Waals surface area contributed by atoms with E-state index in [2.05, 4.69) is 10.2 Å². The average Bonchev–Trinajstić information content (AvgIpc) is 3.45. The topological polar surface area (TPSA) is 81.2 Å². The Morgan fingerprint density at radius 1 is 0.871 bits per heavy atom. The highest BCUT2D eigenvalue weighted by Gasteiger charge is 2.35. The van der Waals surface area contributed by atoms with Crippen molar-refractivity contribution in [2.45, 2.75) is 18.6 Å². The molecular weight excluding hydrogens is 412 g/mol. The number of amides is 2. The van der Waals surface area contributed by atoms with Crippen molar-refractivity contribution in [3.63, 3.8) is 0 Å². The molecule has 2 aromatic carbocycles. The van der Waals surface area contributed by atoms with Gasteiger partial charge >= 0.3 is 0 Å². The molecule has 154 valence electrons. The monoisotopic (exact) mass is 430 g/mol. The highest BCUT2D eigenvalue weighted by atomic mass is 32.2. The van der Waals surface area contributed by atoms with Gasteiger partial charge < -0.3 is 4.42 Å². The molecule has 3 heterocycles. The van der Waals surface area contributed by atoms with Crippen molar-refractivity contribution in [2.24, 2.45) is 0 Å². The van der Waals surface area contributed by atoms with Gasteiger partial charge in [-0.15, -0.1) is 10.2 Å². The summed E-state index contributed by atoms with van der Waals surface area (Å²) in [5.74, 6) is 1.02. The van der Waals surface area contributed by atoms with Crippen molar-refractivity contribution in [3.05, 3.63) is 89.4 Å². The molecule has 2 aromatic heterocycles. The van der Waals surface area contributed by atoms with Crippen LogP contribution in [0.3, 0.4) is 0 Å². The van der Waals surface area contributed by atoms with E-state index in [0.717, 1.165) is 16.9 Å². The summed E-state index contributed by atoms with van der Waals surface area (Å²) in [4.78, 5) is 26.6. The van der Waals surface area contributed by atoms with Gasteiger partial charge in [-0.1, -0.05) is 54.2 Å². The van der Waals surface area contributed by atoms with Gasteiger partial charge in [0.05, 0.1) is 35.4 Å². The van der Waals surface area contributed by atoms with Crippen LogP contribution < -0.4 is 0 Å². The Morgan fingerprint density at radius 3 is 2.19 bits per heavy atom. The molecule has 0 radical (unpaired) electrons. The lowest BCUT2D eigenvalue weighted by molar-refractivity contribution is 0.0684. The van der Waals surface area contributed by atoms with E-state index in [0.29, 0.717) is 28.7 Å². The zero-order valence-corrected chi connectivity index (χ0v) is 17.5. The first-order chi connectivity index (χ1) is 15.1. The normalized spacial score (nSPS) is 13.1. The van der Waals surface area contributed by atoms with Crippen LogP contribution in [0.4, 0.5) is 0 Å². The van der Waals surface area contributed by atoms with Crippen LogP contribution in [0.5, 0.6) is 0 Å². The molecular formula is C23H18N4O3S. The van der Waals surface area contributed by atoms with E-state index in [1.165, 1.54) is 16.7 Å². The first-order valence-corrected chi connectivity index (χ1v) is 10.7. The van der Waals surface area contributed by atoms with Crippen LogP contribution in [0.25, 0.3) is 11.4 Å². The molecule has 1 aliphatic heterocycles. The summed E-state index contributed by atoms with van der Waals surface area (Å²) in [6, 6.07) is 18.7. The minimum atomic E-state index is -0.284. The molecule has 0 atom stereocenters. The molecule has 0 fully saturated rings. The third-order valence-corrected chi connectivity index (χ3v) is 6.15. The van der Waals surface area contributed by atoms with Crippen LogP contribution in [0.15, 0.2) is 76.5 Å². The lowest BCUT2D eigenvalue weighted by Gasteiger charge is -2.14. The Kier molecular flexibility index (Phi) is 4.91. The van der Waals surface area contributed by atoms with Crippen molar-refractivity contribution < 1.29 is 14.0 Å².